The lowest BCUT2D eigenvalue weighted by Gasteiger charge is -2.05. The minimum atomic E-state index is -0.462. The fourth-order valence-corrected chi connectivity index (χ4v) is 1.52. The van der Waals surface area contributed by atoms with Gasteiger partial charge in [0, 0.05) is 37.2 Å². The van der Waals surface area contributed by atoms with Crippen LogP contribution in [-0.2, 0) is 12.8 Å². The fourth-order valence-electron chi connectivity index (χ4n) is 1.52. The molecule has 1 aromatic carbocycles. The molecular formula is C10H16N2O4. The Morgan fingerprint density at radius 2 is 1.56 bits per heavy atom. The van der Waals surface area contributed by atoms with E-state index < -0.39 is 4.92 Å². The normalized spacial score (nSPS) is 9.62. The smallest absolute Gasteiger partial charge is 0.275 e. The number of hydrogen-bond acceptors (Lipinski definition) is 5. The third-order valence-corrected chi connectivity index (χ3v) is 2.15. The van der Waals surface area contributed by atoms with Crippen LogP contribution in [0.2, 0.25) is 0 Å². The van der Waals surface area contributed by atoms with Crippen molar-refractivity contribution in [1.29, 1.82) is 0 Å². The predicted molar refractivity (Wildman–Crippen MR) is 59.7 cm³/mol. The summed E-state index contributed by atoms with van der Waals surface area (Å²) in [5.41, 5.74) is 1.03. The van der Waals surface area contributed by atoms with E-state index in [1.807, 2.05) is 0 Å². The number of nitrogens with zero attached hydrogens (tertiary/aromatic N) is 1. The maximum atomic E-state index is 10.8. The van der Waals surface area contributed by atoms with Crippen LogP contribution in [0.1, 0.15) is 11.1 Å². The maximum Gasteiger partial charge on any atom is 0.275 e. The molecule has 0 radical (unpaired) electrons. The van der Waals surface area contributed by atoms with E-state index >= 15 is 0 Å². The first-order chi connectivity index (χ1) is 7.20. The molecule has 1 aromatic rings. The standard InChI is InChI=1S/C10H13NO4.H3N/c12-6-4-8-2-1-3-9(5-7-13)10(8)11(14)15;/h1-3,12-13H,4-7H2;1H3. The molecule has 0 unspecified atom stereocenters. The Kier molecular flexibility index (Phi) is 6.24. The second-order valence-corrected chi connectivity index (χ2v) is 3.13. The zero-order chi connectivity index (χ0) is 11.3. The molecule has 0 aliphatic heterocycles. The van der Waals surface area contributed by atoms with Crippen molar-refractivity contribution in [3.05, 3.63) is 39.4 Å². The first-order valence-electron chi connectivity index (χ1n) is 4.67. The molecule has 0 aromatic heterocycles. The summed E-state index contributed by atoms with van der Waals surface area (Å²) in [4.78, 5) is 10.4. The van der Waals surface area contributed by atoms with E-state index in [9.17, 15) is 10.1 Å². The Balaban J connectivity index is 0.00000225. The molecule has 0 spiro atoms. The highest BCUT2D eigenvalue weighted by Gasteiger charge is 2.18. The highest BCUT2D eigenvalue weighted by Crippen LogP contribution is 2.24. The third kappa shape index (κ3) is 3.27. The minimum Gasteiger partial charge on any atom is -0.396 e. The lowest BCUT2D eigenvalue weighted by Crippen LogP contribution is -2.03. The largest absolute Gasteiger partial charge is 0.396 e. The van der Waals surface area contributed by atoms with Gasteiger partial charge in [0.25, 0.3) is 5.69 Å². The van der Waals surface area contributed by atoms with Crippen molar-refractivity contribution in [2.45, 2.75) is 12.8 Å². The van der Waals surface area contributed by atoms with Gasteiger partial charge in [0.05, 0.1) is 4.92 Å². The van der Waals surface area contributed by atoms with Crippen LogP contribution in [0.15, 0.2) is 18.2 Å². The van der Waals surface area contributed by atoms with Crippen molar-refractivity contribution in [3.8, 4) is 0 Å². The second kappa shape index (κ2) is 6.89. The van der Waals surface area contributed by atoms with Gasteiger partial charge in [-0.3, -0.25) is 10.1 Å². The number of aliphatic hydroxyl groups excluding tert-OH is 2. The molecule has 0 amide bonds. The van der Waals surface area contributed by atoms with Crippen LogP contribution in [0.5, 0.6) is 0 Å². The van der Waals surface area contributed by atoms with Gasteiger partial charge in [0.1, 0.15) is 0 Å². The number of rotatable bonds is 5. The Bertz CT molecular complexity index is 330. The summed E-state index contributed by atoms with van der Waals surface area (Å²) in [7, 11) is 0. The molecular weight excluding hydrogens is 212 g/mol. The fraction of sp³-hybridized carbons (Fsp3) is 0.400. The van der Waals surface area contributed by atoms with E-state index in [-0.39, 0.29) is 37.9 Å². The molecule has 90 valence electrons. The van der Waals surface area contributed by atoms with Gasteiger partial charge in [-0.25, -0.2) is 0 Å². The van der Waals surface area contributed by atoms with Crippen LogP contribution in [0.3, 0.4) is 0 Å². The van der Waals surface area contributed by atoms with Crippen molar-refractivity contribution in [3.63, 3.8) is 0 Å². The van der Waals surface area contributed by atoms with E-state index in [1.165, 1.54) is 0 Å². The highest BCUT2D eigenvalue weighted by atomic mass is 16.6. The molecule has 6 heteroatoms. The van der Waals surface area contributed by atoms with Crippen LogP contribution in [0.4, 0.5) is 5.69 Å². The Morgan fingerprint density at radius 1 is 1.12 bits per heavy atom. The lowest BCUT2D eigenvalue weighted by molar-refractivity contribution is -0.386. The monoisotopic (exact) mass is 228 g/mol. The van der Waals surface area contributed by atoms with Crippen LogP contribution in [0, 0.1) is 10.1 Å². The average molecular weight is 228 g/mol. The van der Waals surface area contributed by atoms with E-state index in [0.717, 1.165) is 0 Å². The maximum absolute atomic E-state index is 10.8. The molecule has 0 saturated carbocycles. The van der Waals surface area contributed by atoms with Gasteiger partial charge < -0.3 is 16.4 Å². The first kappa shape index (κ1) is 14.5. The van der Waals surface area contributed by atoms with E-state index in [0.29, 0.717) is 11.1 Å². The Morgan fingerprint density at radius 3 is 1.88 bits per heavy atom. The van der Waals surface area contributed by atoms with Gasteiger partial charge in [-0.05, 0) is 0 Å². The van der Waals surface area contributed by atoms with Crippen LogP contribution in [0.25, 0.3) is 0 Å². The number of nitro groups is 1. The number of aliphatic hydroxyl groups is 2. The Hall–Kier alpha value is -1.50. The summed E-state index contributed by atoms with van der Waals surface area (Å²) >= 11 is 0. The number of hydrogen-bond donors (Lipinski definition) is 3. The van der Waals surface area contributed by atoms with Crippen molar-refractivity contribution in [2.24, 2.45) is 0 Å². The summed E-state index contributed by atoms with van der Waals surface area (Å²) < 4.78 is 0. The van der Waals surface area contributed by atoms with Crippen molar-refractivity contribution < 1.29 is 15.1 Å². The molecule has 6 nitrogen and oxygen atoms in total. The van der Waals surface area contributed by atoms with Gasteiger partial charge in [0.2, 0.25) is 0 Å². The van der Waals surface area contributed by atoms with Crippen molar-refractivity contribution >= 4 is 5.69 Å². The zero-order valence-electron chi connectivity index (χ0n) is 8.93. The average Bonchev–Trinajstić information content (AvgIpc) is 2.18. The molecule has 0 saturated heterocycles. The predicted octanol–water partition coefficient (Wildman–Crippen LogP) is 0.826. The van der Waals surface area contributed by atoms with Crippen LogP contribution in [-0.4, -0.2) is 28.4 Å². The van der Waals surface area contributed by atoms with Gasteiger partial charge in [-0.15, -0.1) is 0 Å². The molecule has 16 heavy (non-hydrogen) atoms. The van der Waals surface area contributed by atoms with Crippen LogP contribution < -0.4 is 6.15 Å². The zero-order valence-corrected chi connectivity index (χ0v) is 8.93. The molecule has 0 bridgehead atoms. The number of benzene rings is 1. The SMILES string of the molecule is N.O=[N+]([O-])c1c(CCO)cccc1CCO. The summed E-state index contributed by atoms with van der Waals surface area (Å²) in [5.74, 6) is 0. The molecule has 0 atom stereocenters. The lowest BCUT2D eigenvalue weighted by atomic mass is 10.0. The molecule has 0 aliphatic carbocycles. The minimum absolute atomic E-state index is 0. The van der Waals surface area contributed by atoms with Crippen LogP contribution >= 0.6 is 0 Å². The van der Waals surface area contributed by atoms with Crippen molar-refractivity contribution in [2.75, 3.05) is 13.2 Å². The Labute approximate surface area is 93.3 Å². The van der Waals surface area contributed by atoms with Crippen molar-refractivity contribution in [1.82, 2.24) is 6.15 Å². The quantitative estimate of drug-likeness (QED) is 0.509. The molecule has 0 heterocycles. The molecule has 1 rings (SSSR count). The van der Waals surface area contributed by atoms with Gasteiger partial charge in [0.15, 0.2) is 0 Å². The molecule has 0 fully saturated rings. The van der Waals surface area contributed by atoms with Gasteiger partial charge >= 0.3 is 0 Å². The summed E-state index contributed by atoms with van der Waals surface area (Å²) in [6, 6.07) is 4.94. The van der Waals surface area contributed by atoms with E-state index in [2.05, 4.69) is 0 Å². The second-order valence-electron chi connectivity index (χ2n) is 3.13. The third-order valence-electron chi connectivity index (χ3n) is 2.15. The summed E-state index contributed by atoms with van der Waals surface area (Å²) in [5, 5.41) is 28.4. The number of nitro benzene ring substituents is 1. The first-order valence-corrected chi connectivity index (χ1v) is 4.67. The molecule has 0 aliphatic rings. The summed E-state index contributed by atoms with van der Waals surface area (Å²) in [6.45, 7) is -0.243. The van der Waals surface area contributed by atoms with Gasteiger partial charge in [-0.1, -0.05) is 18.2 Å². The summed E-state index contributed by atoms with van der Waals surface area (Å²) in [6.07, 6.45) is 0.519. The highest BCUT2D eigenvalue weighted by molar-refractivity contribution is 5.48. The topological polar surface area (TPSA) is 119 Å². The number of para-hydroxylation sites is 1. The van der Waals surface area contributed by atoms with E-state index in [1.54, 1.807) is 18.2 Å². The van der Waals surface area contributed by atoms with Gasteiger partial charge in [-0.2, -0.15) is 0 Å². The molecule has 5 N–H and O–H groups in total. The van der Waals surface area contributed by atoms with E-state index in [4.69, 9.17) is 10.2 Å².